The lowest BCUT2D eigenvalue weighted by atomic mass is 9.98. The van der Waals surface area contributed by atoms with Crippen molar-refractivity contribution in [1.82, 2.24) is 10.2 Å². The molecule has 0 bridgehead atoms. The Labute approximate surface area is 116 Å². The van der Waals surface area contributed by atoms with Crippen LogP contribution in [0.5, 0.6) is 0 Å². The molecule has 0 aromatic carbocycles. The van der Waals surface area contributed by atoms with Crippen LogP contribution < -0.4 is 5.32 Å². The molecule has 1 fully saturated rings. The quantitative estimate of drug-likeness (QED) is 0.802. The molecule has 1 heterocycles. The molecule has 1 saturated heterocycles. The molecule has 0 radical (unpaired) electrons. The van der Waals surface area contributed by atoms with E-state index in [4.69, 9.17) is 0 Å². The van der Waals surface area contributed by atoms with Crippen LogP contribution in [-0.2, 0) is 9.59 Å². The van der Waals surface area contributed by atoms with Gasteiger partial charge in [-0.05, 0) is 31.6 Å². The average Bonchev–Trinajstić information content (AvgIpc) is 2.90. The molecule has 1 aliphatic rings. The molecule has 0 unspecified atom stereocenters. The largest absolute Gasteiger partial charge is 0.344 e. The summed E-state index contributed by atoms with van der Waals surface area (Å²) in [6.07, 6.45) is 3.81. The van der Waals surface area contributed by atoms with Crippen molar-refractivity contribution in [3.63, 3.8) is 0 Å². The third-order valence-corrected chi connectivity index (χ3v) is 4.00. The summed E-state index contributed by atoms with van der Waals surface area (Å²) in [5, 5.41) is 2.96. The fourth-order valence-corrected chi connectivity index (χ4v) is 2.58. The van der Waals surface area contributed by atoms with Crippen LogP contribution in [0.4, 0.5) is 0 Å². The molecule has 4 heteroatoms. The molecular formula is C15H28N2O2. The monoisotopic (exact) mass is 268 g/mol. The zero-order valence-corrected chi connectivity index (χ0v) is 12.7. The maximum atomic E-state index is 12.4. The van der Waals surface area contributed by atoms with Gasteiger partial charge < -0.3 is 10.2 Å². The summed E-state index contributed by atoms with van der Waals surface area (Å²) in [6.45, 7) is 9.68. The normalized spacial score (nSPS) is 17.1. The van der Waals surface area contributed by atoms with Crippen LogP contribution in [0.1, 0.15) is 53.4 Å². The summed E-state index contributed by atoms with van der Waals surface area (Å²) in [6, 6.07) is -0.369. The van der Waals surface area contributed by atoms with Gasteiger partial charge in [0.05, 0.1) is 0 Å². The Morgan fingerprint density at radius 2 is 1.63 bits per heavy atom. The fourth-order valence-electron chi connectivity index (χ4n) is 2.58. The minimum absolute atomic E-state index is 0.0210. The topological polar surface area (TPSA) is 49.4 Å². The van der Waals surface area contributed by atoms with Crippen molar-refractivity contribution in [1.29, 1.82) is 0 Å². The summed E-state index contributed by atoms with van der Waals surface area (Å²) < 4.78 is 0. The highest BCUT2D eigenvalue weighted by molar-refractivity contribution is 5.88. The van der Waals surface area contributed by atoms with Gasteiger partial charge in [0, 0.05) is 19.0 Å². The Hall–Kier alpha value is -1.06. The maximum Gasteiger partial charge on any atom is 0.245 e. The van der Waals surface area contributed by atoms with E-state index in [9.17, 15) is 9.59 Å². The lowest BCUT2D eigenvalue weighted by Gasteiger charge is -2.28. The SMILES string of the molecule is CCC(CC)C(=O)N[C@@H](C(=O)N1CCCC1)C(C)C. The van der Waals surface area contributed by atoms with Gasteiger partial charge in [0.15, 0.2) is 0 Å². The molecule has 1 atom stereocenters. The van der Waals surface area contributed by atoms with Gasteiger partial charge in [-0.25, -0.2) is 0 Å². The maximum absolute atomic E-state index is 12.4. The number of rotatable bonds is 6. The molecule has 1 rings (SSSR count). The Kier molecular flexibility index (Phi) is 6.32. The van der Waals surface area contributed by atoms with E-state index in [-0.39, 0.29) is 29.7 Å². The first kappa shape index (κ1) is 16.0. The second-order valence-electron chi connectivity index (χ2n) is 5.78. The van der Waals surface area contributed by atoms with Gasteiger partial charge in [-0.2, -0.15) is 0 Å². The fraction of sp³-hybridized carbons (Fsp3) is 0.867. The zero-order chi connectivity index (χ0) is 14.4. The Bertz CT molecular complexity index is 305. The van der Waals surface area contributed by atoms with Crippen molar-refractivity contribution in [3.8, 4) is 0 Å². The summed E-state index contributed by atoms with van der Waals surface area (Å²) in [7, 11) is 0. The van der Waals surface area contributed by atoms with E-state index in [1.807, 2.05) is 32.6 Å². The molecule has 2 amide bonds. The smallest absolute Gasteiger partial charge is 0.245 e. The number of nitrogens with zero attached hydrogens (tertiary/aromatic N) is 1. The first-order valence-corrected chi connectivity index (χ1v) is 7.60. The Balaban J connectivity index is 2.66. The number of nitrogens with one attached hydrogen (secondary N) is 1. The van der Waals surface area contributed by atoms with Crippen molar-refractivity contribution >= 4 is 11.8 Å². The predicted octanol–water partition coefficient (Wildman–Crippen LogP) is 2.19. The molecule has 0 aliphatic carbocycles. The molecular weight excluding hydrogens is 240 g/mol. The van der Waals surface area contributed by atoms with E-state index >= 15 is 0 Å². The first-order chi connectivity index (χ1) is 9.01. The van der Waals surface area contributed by atoms with Crippen molar-refractivity contribution < 1.29 is 9.59 Å². The summed E-state index contributed by atoms with van der Waals surface area (Å²) in [5.74, 6) is 0.266. The molecule has 110 valence electrons. The van der Waals surface area contributed by atoms with Crippen molar-refractivity contribution in [3.05, 3.63) is 0 Å². The molecule has 0 aromatic rings. The van der Waals surface area contributed by atoms with Gasteiger partial charge in [0.2, 0.25) is 11.8 Å². The highest BCUT2D eigenvalue weighted by atomic mass is 16.2. The number of hydrogen-bond donors (Lipinski definition) is 1. The lowest BCUT2D eigenvalue weighted by molar-refractivity contribution is -0.138. The molecule has 1 aliphatic heterocycles. The van der Waals surface area contributed by atoms with Crippen molar-refractivity contribution in [2.75, 3.05) is 13.1 Å². The number of likely N-dealkylation sites (tertiary alicyclic amines) is 1. The number of amides is 2. The standard InChI is InChI=1S/C15H28N2O2/c1-5-12(6-2)14(18)16-13(11(3)4)15(19)17-9-7-8-10-17/h11-13H,5-10H2,1-4H3,(H,16,18)/t13-/m1/s1. The number of carbonyl (C=O) groups is 2. The van der Waals surface area contributed by atoms with E-state index in [0.717, 1.165) is 38.8 Å². The molecule has 0 saturated carbocycles. The molecule has 19 heavy (non-hydrogen) atoms. The minimum Gasteiger partial charge on any atom is -0.344 e. The average molecular weight is 268 g/mol. The summed E-state index contributed by atoms with van der Waals surface area (Å²) in [4.78, 5) is 26.5. The predicted molar refractivity (Wildman–Crippen MR) is 76.7 cm³/mol. The van der Waals surface area contributed by atoms with Gasteiger partial charge >= 0.3 is 0 Å². The Morgan fingerprint density at radius 1 is 1.11 bits per heavy atom. The summed E-state index contributed by atoms with van der Waals surface area (Å²) >= 11 is 0. The van der Waals surface area contributed by atoms with Gasteiger partial charge in [-0.15, -0.1) is 0 Å². The summed E-state index contributed by atoms with van der Waals surface area (Å²) in [5.41, 5.74) is 0. The number of hydrogen-bond acceptors (Lipinski definition) is 2. The van der Waals surface area contributed by atoms with Crippen LogP contribution in [0.2, 0.25) is 0 Å². The van der Waals surface area contributed by atoms with Crippen LogP contribution in [0.25, 0.3) is 0 Å². The first-order valence-electron chi connectivity index (χ1n) is 7.60. The van der Waals surface area contributed by atoms with Gasteiger partial charge in [-0.1, -0.05) is 27.7 Å². The lowest BCUT2D eigenvalue weighted by Crippen LogP contribution is -2.51. The van der Waals surface area contributed by atoms with E-state index in [1.54, 1.807) is 0 Å². The van der Waals surface area contributed by atoms with Crippen LogP contribution in [0.15, 0.2) is 0 Å². The molecule has 4 nitrogen and oxygen atoms in total. The van der Waals surface area contributed by atoms with Crippen LogP contribution >= 0.6 is 0 Å². The third-order valence-electron chi connectivity index (χ3n) is 4.00. The molecule has 0 aromatic heterocycles. The molecule has 0 spiro atoms. The highest BCUT2D eigenvalue weighted by Gasteiger charge is 2.31. The third kappa shape index (κ3) is 4.22. The van der Waals surface area contributed by atoms with Crippen LogP contribution in [0, 0.1) is 11.8 Å². The zero-order valence-electron chi connectivity index (χ0n) is 12.7. The van der Waals surface area contributed by atoms with E-state index in [1.165, 1.54) is 0 Å². The van der Waals surface area contributed by atoms with E-state index in [0.29, 0.717) is 0 Å². The Morgan fingerprint density at radius 3 is 2.05 bits per heavy atom. The second-order valence-corrected chi connectivity index (χ2v) is 5.78. The minimum atomic E-state index is -0.369. The molecule has 1 N–H and O–H groups in total. The number of carbonyl (C=O) groups excluding carboxylic acids is 2. The van der Waals surface area contributed by atoms with Crippen molar-refractivity contribution in [2.45, 2.75) is 59.4 Å². The van der Waals surface area contributed by atoms with Crippen molar-refractivity contribution in [2.24, 2.45) is 11.8 Å². The van der Waals surface area contributed by atoms with Crippen LogP contribution in [0.3, 0.4) is 0 Å². The highest BCUT2D eigenvalue weighted by Crippen LogP contribution is 2.15. The second kappa shape index (κ2) is 7.51. The van der Waals surface area contributed by atoms with Crippen LogP contribution in [-0.4, -0.2) is 35.8 Å². The van der Waals surface area contributed by atoms with E-state index in [2.05, 4.69) is 5.32 Å². The van der Waals surface area contributed by atoms with E-state index < -0.39 is 0 Å². The van der Waals surface area contributed by atoms with Gasteiger partial charge in [0.25, 0.3) is 0 Å². The van der Waals surface area contributed by atoms with Gasteiger partial charge in [-0.3, -0.25) is 9.59 Å². The van der Waals surface area contributed by atoms with Gasteiger partial charge in [0.1, 0.15) is 6.04 Å².